The number of carbonyl (C=O) groups is 1. The first-order valence-corrected chi connectivity index (χ1v) is 7.39. The van der Waals surface area contributed by atoms with Gasteiger partial charge in [-0.25, -0.2) is 9.78 Å². The number of anilines is 1. The van der Waals surface area contributed by atoms with E-state index in [0.717, 1.165) is 15.9 Å². The molecule has 1 fully saturated rings. The number of hydrogen-bond donors (Lipinski definition) is 2. The number of nitrogens with zero attached hydrogens (tertiary/aromatic N) is 1. The zero-order valence-corrected chi connectivity index (χ0v) is 11.7. The summed E-state index contributed by atoms with van der Waals surface area (Å²) in [5.41, 5.74) is 0.185. The Morgan fingerprint density at radius 3 is 2.61 bits per heavy atom. The number of aromatic carboxylic acids is 1. The Balaban J connectivity index is 1.94. The molecule has 0 amide bonds. The molecule has 2 rings (SSSR count). The third-order valence-electron chi connectivity index (χ3n) is 3.75. The van der Waals surface area contributed by atoms with Gasteiger partial charge >= 0.3 is 5.97 Å². The van der Waals surface area contributed by atoms with Gasteiger partial charge in [-0.2, -0.15) is 0 Å². The van der Waals surface area contributed by atoms with Crippen LogP contribution in [0.4, 0.5) is 5.13 Å². The van der Waals surface area contributed by atoms with Gasteiger partial charge in [-0.3, -0.25) is 0 Å². The zero-order chi connectivity index (χ0) is 13.1. The summed E-state index contributed by atoms with van der Waals surface area (Å²) in [5.74, 6) is -0.0675. The van der Waals surface area contributed by atoms with Gasteiger partial charge in [0, 0.05) is 10.9 Å². The van der Waals surface area contributed by atoms with Crippen LogP contribution >= 0.6 is 11.3 Å². The summed E-state index contributed by atoms with van der Waals surface area (Å²) >= 11 is 1.44. The first-order chi connectivity index (χ1) is 8.60. The monoisotopic (exact) mass is 268 g/mol. The van der Waals surface area contributed by atoms with Crippen LogP contribution in [-0.4, -0.2) is 22.1 Å². The number of carboxylic acid groups (broad SMARTS) is 1. The molecule has 0 spiro atoms. The van der Waals surface area contributed by atoms with Crippen molar-refractivity contribution in [2.75, 3.05) is 5.32 Å². The van der Waals surface area contributed by atoms with E-state index in [-0.39, 0.29) is 5.69 Å². The maximum Gasteiger partial charge on any atom is 0.355 e. The van der Waals surface area contributed by atoms with Crippen LogP contribution in [0.15, 0.2) is 0 Å². The molecule has 1 aromatic rings. The summed E-state index contributed by atoms with van der Waals surface area (Å²) in [6.45, 7) is 4.06. The summed E-state index contributed by atoms with van der Waals surface area (Å²) in [5, 5.41) is 13.1. The average Bonchev–Trinajstić information content (AvgIpc) is 2.71. The molecule has 18 heavy (non-hydrogen) atoms. The molecule has 0 aromatic carbocycles. The van der Waals surface area contributed by atoms with Crippen molar-refractivity contribution in [3.8, 4) is 0 Å². The van der Waals surface area contributed by atoms with Gasteiger partial charge < -0.3 is 10.4 Å². The summed E-state index contributed by atoms with van der Waals surface area (Å²) in [4.78, 5) is 15.8. The lowest BCUT2D eigenvalue weighted by molar-refractivity contribution is 0.0690. The number of hydrogen-bond acceptors (Lipinski definition) is 4. The van der Waals surface area contributed by atoms with E-state index in [2.05, 4.69) is 17.2 Å². The molecule has 2 N–H and O–H groups in total. The number of rotatable bonds is 4. The van der Waals surface area contributed by atoms with Crippen LogP contribution in [0.1, 0.15) is 54.4 Å². The Morgan fingerprint density at radius 2 is 2.11 bits per heavy atom. The van der Waals surface area contributed by atoms with E-state index in [1.165, 1.54) is 43.4 Å². The lowest BCUT2D eigenvalue weighted by Crippen LogP contribution is -2.25. The first kappa shape index (κ1) is 13.3. The van der Waals surface area contributed by atoms with Crippen molar-refractivity contribution in [1.29, 1.82) is 0 Å². The third kappa shape index (κ3) is 3.02. The molecule has 5 heteroatoms. The molecule has 0 unspecified atom stereocenters. The molecule has 100 valence electrons. The van der Waals surface area contributed by atoms with E-state index in [1.54, 1.807) is 6.92 Å². The van der Waals surface area contributed by atoms with Crippen molar-refractivity contribution in [3.63, 3.8) is 0 Å². The van der Waals surface area contributed by atoms with Gasteiger partial charge in [0.15, 0.2) is 10.8 Å². The van der Waals surface area contributed by atoms with Crippen LogP contribution in [0, 0.1) is 12.8 Å². The molecule has 4 nitrogen and oxygen atoms in total. The smallest absolute Gasteiger partial charge is 0.355 e. The quantitative estimate of drug-likeness (QED) is 0.877. The van der Waals surface area contributed by atoms with Crippen molar-refractivity contribution in [2.24, 2.45) is 5.92 Å². The highest BCUT2D eigenvalue weighted by molar-refractivity contribution is 7.15. The maximum atomic E-state index is 10.9. The summed E-state index contributed by atoms with van der Waals surface area (Å²) < 4.78 is 0. The predicted molar refractivity (Wildman–Crippen MR) is 73.5 cm³/mol. The van der Waals surface area contributed by atoms with E-state index < -0.39 is 5.97 Å². The van der Waals surface area contributed by atoms with Gasteiger partial charge in [0.25, 0.3) is 0 Å². The molecule has 0 saturated heterocycles. The minimum absolute atomic E-state index is 0.185. The fourth-order valence-corrected chi connectivity index (χ4v) is 3.43. The highest BCUT2D eigenvalue weighted by Gasteiger charge is 2.21. The Bertz CT molecular complexity index is 423. The minimum Gasteiger partial charge on any atom is -0.476 e. The second kappa shape index (κ2) is 5.69. The van der Waals surface area contributed by atoms with Crippen LogP contribution in [0.2, 0.25) is 0 Å². The first-order valence-electron chi connectivity index (χ1n) is 6.57. The average molecular weight is 268 g/mol. The van der Waals surface area contributed by atoms with E-state index in [9.17, 15) is 4.79 Å². The summed E-state index contributed by atoms with van der Waals surface area (Å²) in [7, 11) is 0. The Morgan fingerprint density at radius 1 is 1.44 bits per heavy atom. The fraction of sp³-hybridized carbons (Fsp3) is 0.692. The fourth-order valence-electron chi connectivity index (χ4n) is 2.55. The Kier molecular flexibility index (Phi) is 4.22. The van der Waals surface area contributed by atoms with Crippen molar-refractivity contribution in [2.45, 2.75) is 52.0 Å². The molecular formula is C13H20N2O2S. The lowest BCUT2D eigenvalue weighted by atomic mass is 9.85. The van der Waals surface area contributed by atoms with Crippen LogP contribution < -0.4 is 5.32 Å². The summed E-state index contributed by atoms with van der Waals surface area (Å²) in [6.07, 6.45) is 6.14. The van der Waals surface area contributed by atoms with Crippen molar-refractivity contribution in [1.82, 2.24) is 4.98 Å². The van der Waals surface area contributed by atoms with Crippen molar-refractivity contribution in [3.05, 3.63) is 10.6 Å². The van der Waals surface area contributed by atoms with Crippen molar-refractivity contribution >= 4 is 22.4 Å². The molecule has 1 aromatic heterocycles. The van der Waals surface area contributed by atoms with Crippen LogP contribution in [0.5, 0.6) is 0 Å². The van der Waals surface area contributed by atoms with Crippen LogP contribution in [0.25, 0.3) is 0 Å². The van der Waals surface area contributed by atoms with Crippen LogP contribution in [-0.2, 0) is 0 Å². The SMILES string of the molecule is CCC1CCC(Nc2nc(C(=O)O)c(C)s2)CC1. The second-order valence-electron chi connectivity index (χ2n) is 5.00. The number of aromatic nitrogens is 1. The van der Waals surface area contributed by atoms with Gasteiger partial charge in [0.1, 0.15) is 0 Å². The van der Waals surface area contributed by atoms with Crippen LogP contribution in [0.3, 0.4) is 0 Å². The van der Waals surface area contributed by atoms with Gasteiger partial charge in [-0.1, -0.05) is 13.3 Å². The largest absolute Gasteiger partial charge is 0.476 e. The third-order valence-corrected chi connectivity index (χ3v) is 4.65. The number of aryl methyl sites for hydroxylation is 1. The lowest BCUT2D eigenvalue weighted by Gasteiger charge is -2.28. The summed E-state index contributed by atoms with van der Waals surface area (Å²) in [6, 6.07) is 0.458. The van der Waals surface area contributed by atoms with E-state index in [0.29, 0.717) is 6.04 Å². The predicted octanol–water partition coefficient (Wildman–Crippen LogP) is 3.53. The molecule has 0 atom stereocenters. The molecule has 1 saturated carbocycles. The van der Waals surface area contributed by atoms with E-state index in [4.69, 9.17) is 5.11 Å². The minimum atomic E-state index is -0.938. The molecular weight excluding hydrogens is 248 g/mol. The maximum absolute atomic E-state index is 10.9. The molecule has 0 bridgehead atoms. The normalized spacial score (nSPS) is 23.9. The van der Waals surface area contributed by atoms with Crippen molar-refractivity contribution < 1.29 is 9.90 Å². The number of nitrogens with one attached hydrogen (secondary N) is 1. The number of carboxylic acids is 1. The Hall–Kier alpha value is -1.10. The molecule has 0 aliphatic heterocycles. The molecule has 0 radical (unpaired) electrons. The van der Waals surface area contributed by atoms with E-state index >= 15 is 0 Å². The molecule has 1 aliphatic carbocycles. The van der Waals surface area contributed by atoms with E-state index in [1.807, 2.05) is 0 Å². The van der Waals surface area contributed by atoms with Gasteiger partial charge in [0.05, 0.1) is 0 Å². The molecule has 1 aliphatic rings. The highest BCUT2D eigenvalue weighted by Crippen LogP contribution is 2.30. The van der Waals surface area contributed by atoms with Gasteiger partial charge in [-0.05, 0) is 38.5 Å². The Labute approximate surface area is 111 Å². The standard InChI is InChI=1S/C13H20N2O2S/c1-3-9-4-6-10(7-5-9)14-13-15-11(12(16)17)8(2)18-13/h9-10H,3-7H2,1-2H3,(H,14,15)(H,16,17). The molecule has 1 heterocycles. The van der Waals surface area contributed by atoms with Gasteiger partial charge in [0.2, 0.25) is 0 Å². The topological polar surface area (TPSA) is 62.2 Å². The van der Waals surface area contributed by atoms with Gasteiger partial charge in [-0.15, -0.1) is 11.3 Å². The second-order valence-corrected chi connectivity index (χ2v) is 6.20. The zero-order valence-electron chi connectivity index (χ0n) is 10.9. The number of thiazole rings is 1. The highest BCUT2D eigenvalue weighted by atomic mass is 32.1.